The maximum Gasteiger partial charge on any atom is 0.0596 e. The minimum Gasteiger partial charge on any atom is -0.380 e. The molecule has 29 heavy (non-hydrogen) atoms. The molecule has 0 heterocycles. The molecule has 0 amide bonds. The first-order valence-corrected chi connectivity index (χ1v) is 13.7. The van der Waals surface area contributed by atoms with Gasteiger partial charge in [0.15, 0.2) is 0 Å². The van der Waals surface area contributed by atoms with Crippen LogP contribution < -0.4 is 0 Å². The number of halogens is 1. The largest absolute Gasteiger partial charge is 0.380 e. The highest BCUT2D eigenvalue weighted by molar-refractivity contribution is 7.99. The van der Waals surface area contributed by atoms with Crippen LogP contribution in [-0.4, -0.2) is 24.3 Å². The van der Waals surface area contributed by atoms with E-state index in [0.29, 0.717) is 11.1 Å². The van der Waals surface area contributed by atoms with Gasteiger partial charge in [-0.25, -0.2) is 0 Å². The van der Waals surface area contributed by atoms with Gasteiger partial charge in [-0.15, -0.1) is 11.6 Å². The molecular weight excluding hydrogens is 396 g/mol. The van der Waals surface area contributed by atoms with Crippen molar-refractivity contribution in [3.8, 4) is 0 Å². The van der Waals surface area contributed by atoms with Crippen molar-refractivity contribution in [1.82, 2.24) is 0 Å². The van der Waals surface area contributed by atoms with Crippen molar-refractivity contribution in [3.05, 3.63) is 35.9 Å². The zero-order valence-corrected chi connectivity index (χ0v) is 20.5. The highest BCUT2D eigenvalue weighted by atomic mass is 35.5. The molecule has 3 heteroatoms. The lowest BCUT2D eigenvalue weighted by molar-refractivity contribution is 0.134. The Morgan fingerprint density at radius 2 is 1.28 bits per heavy atom. The van der Waals surface area contributed by atoms with Crippen LogP contribution in [0.25, 0.3) is 0 Å². The Labute approximate surface area is 190 Å². The first kappa shape index (κ1) is 26.9. The number of unbranched alkanes of at least 4 members (excludes halogenated alkanes) is 13. The van der Waals surface area contributed by atoms with Crippen molar-refractivity contribution in [1.29, 1.82) is 0 Å². The molecule has 0 unspecified atom stereocenters. The second kappa shape index (κ2) is 21.1. The molecule has 1 nitrogen and oxygen atoms in total. The normalized spacial score (nSPS) is 12.3. The van der Waals surface area contributed by atoms with Crippen LogP contribution in [0, 0.1) is 0 Å². The number of hydrogen-bond donors (Lipinski definition) is 0. The van der Waals surface area contributed by atoms with Crippen molar-refractivity contribution in [2.45, 2.75) is 108 Å². The number of rotatable bonds is 21. The lowest BCUT2D eigenvalue weighted by atomic mass is 10.0. The molecule has 0 bridgehead atoms. The predicted molar refractivity (Wildman–Crippen MR) is 133 cm³/mol. The van der Waals surface area contributed by atoms with Gasteiger partial charge in [0.25, 0.3) is 0 Å². The van der Waals surface area contributed by atoms with Crippen molar-refractivity contribution in [2.75, 3.05) is 19.1 Å². The van der Waals surface area contributed by atoms with Crippen LogP contribution in [0.15, 0.2) is 30.3 Å². The number of hydrogen-bond acceptors (Lipinski definition) is 2. The summed E-state index contributed by atoms with van der Waals surface area (Å²) in [6.45, 7) is 3.95. The Bertz CT molecular complexity index is 440. The maximum atomic E-state index is 6.10. The SMILES string of the molecule is CCCCCCCCCCCCCCCCOC[C@H](CCl)SCc1ccccc1. The molecule has 0 aliphatic rings. The number of thioether (sulfide) groups is 1. The first-order valence-electron chi connectivity index (χ1n) is 12.2. The molecule has 1 aromatic carbocycles. The van der Waals surface area contributed by atoms with E-state index < -0.39 is 0 Å². The van der Waals surface area contributed by atoms with Crippen molar-refractivity contribution < 1.29 is 4.74 Å². The summed E-state index contributed by atoms with van der Waals surface area (Å²) in [4.78, 5) is 0. The molecule has 1 aromatic rings. The van der Waals surface area contributed by atoms with Gasteiger partial charge in [-0.3, -0.25) is 0 Å². The van der Waals surface area contributed by atoms with E-state index in [0.717, 1.165) is 19.0 Å². The molecule has 0 spiro atoms. The molecule has 0 aliphatic heterocycles. The average molecular weight is 441 g/mol. The van der Waals surface area contributed by atoms with E-state index in [1.165, 1.54) is 95.5 Å². The highest BCUT2D eigenvalue weighted by Gasteiger charge is 2.08. The Morgan fingerprint density at radius 3 is 1.79 bits per heavy atom. The number of alkyl halides is 1. The fourth-order valence-electron chi connectivity index (χ4n) is 3.54. The third-order valence-corrected chi connectivity index (χ3v) is 7.28. The Morgan fingerprint density at radius 1 is 0.759 bits per heavy atom. The van der Waals surface area contributed by atoms with E-state index in [9.17, 15) is 0 Å². The van der Waals surface area contributed by atoms with Crippen LogP contribution in [-0.2, 0) is 10.5 Å². The lowest BCUT2D eigenvalue weighted by Crippen LogP contribution is -2.14. The molecule has 0 saturated carbocycles. The fraction of sp³-hybridized carbons (Fsp3) is 0.769. The van der Waals surface area contributed by atoms with Crippen LogP contribution in [0.4, 0.5) is 0 Å². The molecule has 1 atom stereocenters. The number of benzene rings is 1. The van der Waals surface area contributed by atoms with Gasteiger partial charge in [-0.05, 0) is 12.0 Å². The second-order valence-electron chi connectivity index (χ2n) is 8.24. The van der Waals surface area contributed by atoms with Gasteiger partial charge >= 0.3 is 0 Å². The third kappa shape index (κ3) is 17.2. The average Bonchev–Trinajstić information content (AvgIpc) is 2.76. The van der Waals surface area contributed by atoms with Gasteiger partial charge in [0.05, 0.1) is 6.61 Å². The van der Waals surface area contributed by atoms with Gasteiger partial charge in [0.2, 0.25) is 0 Å². The third-order valence-electron chi connectivity index (χ3n) is 5.45. The van der Waals surface area contributed by atoms with E-state index >= 15 is 0 Å². The van der Waals surface area contributed by atoms with Gasteiger partial charge in [0, 0.05) is 23.5 Å². The van der Waals surface area contributed by atoms with Gasteiger partial charge in [0.1, 0.15) is 0 Å². The Kier molecular flexibility index (Phi) is 19.5. The van der Waals surface area contributed by atoms with Crippen LogP contribution in [0.5, 0.6) is 0 Å². The van der Waals surface area contributed by atoms with E-state index in [-0.39, 0.29) is 0 Å². The smallest absolute Gasteiger partial charge is 0.0596 e. The Hall–Kier alpha value is -0.180. The van der Waals surface area contributed by atoms with Crippen LogP contribution >= 0.6 is 23.4 Å². The van der Waals surface area contributed by atoms with E-state index in [1.807, 2.05) is 11.8 Å². The molecule has 0 N–H and O–H groups in total. The van der Waals surface area contributed by atoms with E-state index in [1.54, 1.807) is 0 Å². The molecule has 0 saturated heterocycles. The maximum absolute atomic E-state index is 6.10. The number of ether oxygens (including phenoxy) is 1. The summed E-state index contributed by atoms with van der Waals surface area (Å²) in [7, 11) is 0. The summed E-state index contributed by atoms with van der Waals surface area (Å²) in [5.41, 5.74) is 1.36. The summed E-state index contributed by atoms with van der Waals surface area (Å²) in [5, 5.41) is 0.392. The predicted octanol–water partition coefficient (Wildman–Crippen LogP) is 9.03. The van der Waals surface area contributed by atoms with Crippen LogP contribution in [0.3, 0.4) is 0 Å². The summed E-state index contributed by atoms with van der Waals surface area (Å²) < 4.78 is 5.88. The van der Waals surface area contributed by atoms with Crippen molar-refractivity contribution in [2.24, 2.45) is 0 Å². The summed E-state index contributed by atoms with van der Waals surface area (Å²) in [6.07, 6.45) is 19.6. The molecule has 0 radical (unpaired) electrons. The van der Waals surface area contributed by atoms with Crippen LogP contribution in [0.1, 0.15) is 102 Å². The monoisotopic (exact) mass is 440 g/mol. The molecule has 1 rings (SSSR count). The second-order valence-corrected chi connectivity index (χ2v) is 9.84. The quantitative estimate of drug-likeness (QED) is 0.139. The molecule has 0 aliphatic carbocycles. The summed E-state index contributed by atoms with van der Waals surface area (Å²) in [5.74, 6) is 1.68. The minimum atomic E-state index is 0.392. The van der Waals surface area contributed by atoms with Crippen LogP contribution in [0.2, 0.25) is 0 Å². The molecule has 0 aromatic heterocycles. The first-order chi connectivity index (χ1) is 14.4. The van der Waals surface area contributed by atoms with E-state index in [2.05, 4.69) is 37.3 Å². The molecular formula is C26H45ClOS. The fourth-order valence-corrected chi connectivity index (χ4v) is 4.80. The standard InChI is InChI=1S/C26H45ClOS/c1-2-3-4-5-6-7-8-9-10-11-12-13-14-18-21-28-23-26(22-27)29-24-25-19-16-15-17-20-25/h15-17,19-20,26H,2-14,18,21-24H2,1H3/t26-/m0/s1. The van der Waals surface area contributed by atoms with Gasteiger partial charge in [-0.1, -0.05) is 121 Å². The lowest BCUT2D eigenvalue weighted by Gasteiger charge is -2.14. The summed E-state index contributed by atoms with van der Waals surface area (Å²) in [6, 6.07) is 10.6. The van der Waals surface area contributed by atoms with Gasteiger partial charge < -0.3 is 4.74 Å². The van der Waals surface area contributed by atoms with E-state index in [4.69, 9.17) is 16.3 Å². The van der Waals surface area contributed by atoms with Gasteiger partial charge in [-0.2, -0.15) is 11.8 Å². The molecule has 0 fully saturated rings. The zero-order chi connectivity index (χ0) is 20.8. The zero-order valence-electron chi connectivity index (χ0n) is 18.9. The summed E-state index contributed by atoms with van der Waals surface area (Å²) >= 11 is 8.01. The minimum absolute atomic E-state index is 0.392. The highest BCUT2D eigenvalue weighted by Crippen LogP contribution is 2.19. The molecule has 168 valence electrons. The van der Waals surface area contributed by atoms with Crippen molar-refractivity contribution >= 4 is 23.4 Å². The Balaban J connectivity index is 1.81. The topological polar surface area (TPSA) is 9.23 Å². The van der Waals surface area contributed by atoms with Crippen molar-refractivity contribution in [3.63, 3.8) is 0 Å².